The van der Waals surface area contributed by atoms with Crippen molar-refractivity contribution in [3.8, 4) is 0 Å². The Morgan fingerprint density at radius 3 is 2.57 bits per heavy atom. The average Bonchev–Trinajstić information content (AvgIpc) is 2.42. The van der Waals surface area contributed by atoms with Gasteiger partial charge in [-0.3, -0.25) is 4.98 Å². The van der Waals surface area contributed by atoms with Gasteiger partial charge in [0, 0.05) is 32.0 Å². The summed E-state index contributed by atoms with van der Waals surface area (Å²) < 4.78 is 5.28. The van der Waals surface area contributed by atoms with Gasteiger partial charge < -0.3 is 15.4 Å². The van der Waals surface area contributed by atoms with E-state index in [-0.39, 0.29) is 6.09 Å². The van der Waals surface area contributed by atoms with Crippen molar-refractivity contribution in [3.05, 3.63) is 29.6 Å². The van der Waals surface area contributed by atoms with E-state index in [0.717, 1.165) is 13.1 Å². The molecule has 1 unspecified atom stereocenters. The van der Waals surface area contributed by atoms with E-state index in [1.54, 1.807) is 0 Å². The Morgan fingerprint density at radius 1 is 1.30 bits per heavy atom. The molecule has 0 aliphatic carbocycles. The van der Waals surface area contributed by atoms with Crippen molar-refractivity contribution in [2.24, 2.45) is 11.8 Å². The molecule has 0 radical (unpaired) electrons. The Balaban J connectivity index is 2.41. The number of carbonyl (C=O) groups excluding carboxylic acids is 1. The fraction of sp³-hybridized carbons (Fsp3) is 0.667. The third-order valence-corrected chi connectivity index (χ3v) is 3.71. The quantitative estimate of drug-likeness (QED) is 0.809. The third-order valence-electron chi connectivity index (χ3n) is 3.71. The molecule has 0 saturated heterocycles. The van der Waals surface area contributed by atoms with Crippen molar-refractivity contribution in [2.75, 3.05) is 13.1 Å². The first kappa shape index (κ1) is 19.4. The van der Waals surface area contributed by atoms with Gasteiger partial charge in [0.2, 0.25) is 0 Å². The second-order valence-electron chi connectivity index (χ2n) is 7.32. The summed E-state index contributed by atoms with van der Waals surface area (Å²) in [4.78, 5) is 15.9. The Bertz CT molecular complexity index is 495. The van der Waals surface area contributed by atoms with Crippen molar-refractivity contribution >= 4 is 6.09 Å². The number of carbonyl (C=O) groups is 1. The Kier molecular flexibility index (Phi) is 7.49. The molecule has 5 heteroatoms. The predicted molar refractivity (Wildman–Crippen MR) is 93.2 cm³/mol. The molecule has 1 rings (SSSR count). The molecule has 0 spiro atoms. The largest absolute Gasteiger partial charge is 0.444 e. The number of rotatable bonds is 7. The second kappa shape index (κ2) is 8.87. The molecule has 0 aromatic carbocycles. The molecule has 0 aliphatic rings. The monoisotopic (exact) mass is 321 g/mol. The van der Waals surface area contributed by atoms with Gasteiger partial charge in [-0.15, -0.1) is 0 Å². The van der Waals surface area contributed by atoms with E-state index in [1.165, 1.54) is 11.1 Å². The van der Waals surface area contributed by atoms with Crippen LogP contribution >= 0.6 is 0 Å². The van der Waals surface area contributed by atoms with E-state index in [4.69, 9.17) is 4.74 Å². The lowest BCUT2D eigenvalue weighted by atomic mass is 9.95. The SMILES string of the molecule is Cc1cnccc1CNCC(CNC(=O)OC(C)(C)C)C(C)C. The summed E-state index contributed by atoms with van der Waals surface area (Å²) in [6, 6.07) is 2.03. The van der Waals surface area contributed by atoms with Crippen LogP contribution in [-0.2, 0) is 11.3 Å². The van der Waals surface area contributed by atoms with E-state index in [0.29, 0.717) is 18.4 Å². The normalized spacial score (nSPS) is 13.0. The molecule has 1 heterocycles. The van der Waals surface area contributed by atoms with Gasteiger partial charge in [0.25, 0.3) is 0 Å². The smallest absolute Gasteiger partial charge is 0.407 e. The summed E-state index contributed by atoms with van der Waals surface area (Å²) in [5.74, 6) is 0.820. The standard InChI is InChI=1S/C18H31N3O2/c1-13(2)16(12-21-17(22)23-18(4,5)6)11-20-10-15-7-8-19-9-14(15)3/h7-9,13,16,20H,10-12H2,1-6H3,(H,21,22). The zero-order chi connectivity index (χ0) is 17.5. The minimum absolute atomic E-state index is 0.352. The summed E-state index contributed by atoms with van der Waals surface area (Å²) in [7, 11) is 0. The van der Waals surface area contributed by atoms with Crippen LogP contribution in [0.4, 0.5) is 4.79 Å². The molecule has 2 N–H and O–H groups in total. The number of aromatic nitrogens is 1. The highest BCUT2D eigenvalue weighted by molar-refractivity contribution is 5.67. The summed E-state index contributed by atoms with van der Waals surface area (Å²) in [5, 5.41) is 6.35. The van der Waals surface area contributed by atoms with E-state index in [9.17, 15) is 4.79 Å². The number of hydrogen-bond donors (Lipinski definition) is 2. The molecule has 0 saturated carbocycles. The van der Waals surface area contributed by atoms with E-state index in [1.807, 2.05) is 39.2 Å². The second-order valence-corrected chi connectivity index (χ2v) is 7.32. The molecule has 0 bridgehead atoms. The molecule has 1 aromatic heterocycles. The lowest BCUT2D eigenvalue weighted by molar-refractivity contribution is 0.0515. The van der Waals surface area contributed by atoms with Crippen LogP contribution < -0.4 is 10.6 Å². The number of aryl methyl sites for hydroxylation is 1. The summed E-state index contributed by atoms with van der Waals surface area (Å²) in [6.07, 6.45) is 3.34. The Morgan fingerprint density at radius 2 is 2.00 bits per heavy atom. The van der Waals surface area contributed by atoms with Gasteiger partial charge in [-0.25, -0.2) is 4.79 Å². The van der Waals surface area contributed by atoms with Crippen LogP contribution in [-0.4, -0.2) is 29.8 Å². The van der Waals surface area contributed by atoms with Gasteiger partial charge in [0.05, 0.1) is 0 Å². The zero-order valence-electron chi connectivity index (χ0n) is 15.3. The fourth-order valence-electron chi connectivity index (χ4n) is 2.16. The first-order valence-corrected chi connectivity index (χ1v) is 8.26. The molecule has 130 valence electrons. The van der Waals surface area contributed by atoms with Crippen LogP contribution in [0.25, 0.3) is 0 Å². The highest BCUT2D eigenvalue weighted by Crippen LogP contribution is 2.11. The van der Waals surface area contributed by atoms with Gasteiger partial charge in [0.1, 0.15) is 5.60 Å². The van der Waals surface area contributed by atoms with Crippen LogP contribution in [0, 0.1) is 18.8 Å². The van der Waals surface area contributed by atoms with Crippen molar-refractivity contribution in [1.82, 2.24) is 15.6 Å². The van der Waals surface area contributed by atoms with Crippen molar-refractivity contribution in [2.45, 2.75) is 53.7 Å². The molecule has 1 amide bonds. The topological polar surface area (TPSA) is 63.2 Å². The van der Waals surface area contributed by atoms with Crippen molar-refractivity contribution in [1.29, 1.82) is 0 Å². The molecule has 5 nitrogen and oxygen atoms in total. The maximum atomic E-state index is 11.8. The number of pyridine rings is 1. The Labute approximate surface area is 140 Å². The number of nitrogens with one attached hydrogen (secondary N) is 2. The van der Waals surface area contributed by atoms with E-state index < -0.39 is 5.60 Å². The van der Waals surface area contributed by atoms with Gasteiger partial charge in [-0.2, -0.15) is 0 Å². The van der Waals surface area contributed by atoms with Gasteiger partial charge >= 0.3 is 6.09 Å². The molecular weight excluding hydrogens is 290 g/mol. The van der Waals surface area contributed by atoms with Crippen LogP contribution in [0.15, 0.2) is 18.5 Å². The van der Waals surface area contributed by atoms with E-state index >= 15 is 0 Å². The van der Waals surface area contributed by atoms with Crippen LogP contribution in [0.5, 0.6) is 0 Å². The zero-order valence-corrected chi connectivity index (χ0v) is 15.3. The number of nitrogens with zero attached hydrogens (tertiary/aromatic N) is 1. The Hall–Kier alpha value is -1.62. The predicted octanol–water partition coefficient (Wildman–Crippen LogP) is 3.28. The summed E-state index contributed by atoms with van der Waals surface area (Å²) >= 11 is 0. The fourth-order valence-corrected chi connectivity index (χ4v) is 2.16. The average molecular weight is 321 g/mol. The third kappa shape index (κ3) is 7.98. The lowest BCUT2D eigenvalue weighted by Crippen LogP contribution is -2.39. The van der Waals surface area contributed by atoms with Crippen LogP contribution in [0.2, 0.25) is 0 Å². The number of ether oxygens (including phenoxy) is 1. The first-order valence-electron chi connectivity index (χ1n) is 8.26. The van der Waals surface area contributed by atoms with Crippen LogP contribution in [0.1, 0.15) is 45.7 Å². The minimum Gasteiger partial charge on any atom is -0.444 e. The van der Waals surface area contributed by atoms with Crippen molar-refractivity contribution < 1.29 is 9.53 Å². The molecule has 1 atom stereocenters. The maximum Gasteiger partial charge on any atom is 0.407 e. The van der Waals surface area contributed by atoms with E-state index in [2.05, 4.69) is 36.4 Å². The molecule has 0 aliphatic heterocycles. The van der Waals surface area contributed by atoms with Gasteiger partial charge in [-0.05, 0) is 56.7 Å². The minimum atomic E-state index is -0.464. The highest BCUT2D eigenvalue weighted by atomic mass is 16.6. The number of amides is 1. The maximum absolute atomic E-state index is 11.8. The van der Waals surface area contributed by atoms with Gasteiger partial charge in [-0.1, -0.05) is 13.8 Å². The van der Waals surface area contributed by atoms with Crippen molar-refractivity contribution in [3.63, 3.8) is 0 Å². The van der Waals surface area contributed by atoms with Crippen LogP contribution in [0.3, 0.4) is 0 Å². The number of hydrogen-bond acceptors (Lipinski definition) is 4. The number of alkyl carbamates (subject to hydrolysis) is 1. The first-order chi connectivity index (χ1) is 10.7. The molecular formula is C18H31N3O2. The molecule has 23 heavy (non-hydrogen) atoms. The highest BCUT2D eigenvalue weighted by Gasteiger charge is 2.19. The summed E-state index contributed by atoms with van der Waals surface area (Å²) in [6.45, 7) is 14.3. The van der Waals surface area contributed by atoms with Gasteiger partial charge in [0.15, 0.2) is 0 Å². The molecule has 0 fully saturated rings. The summed E-state index contributed by atoms with van der Waals surface area (Å²) in [5.41, 5.74) is 1.98. The lowest BCUT2D eigenvalue weighted by Gasteiger charge is -2.24. The molecule has 1 aromatic rings.